The normalized spacial score (nSPS) is 14.8. The van der Waals surface area contributed by atoms with E-state index >= 15 is 0 Å². The second kappa shape index (κ2) is 9.20. The van der Waals surface area contributed by atoms with Gasteiger partial charge in [0.15, 0.2) is 5.69 Å². The number of benzene rings is 1. The van der Waals surface area contributed by atoms with Crippen molar-refractivity contribution in [2.45, 2.75) is 52.5 Å². The zero-order valence-electron chi connectivity index (χ0n) is 17.3. The molecule has 7 heteroatoms. The summed E-state index contributed by atoms with van der Waals surface area (Å²) in [6.45, 7) is 7.13. The molecule has 0 unspecified atom stereocenters. The first kappa shape index (κ1) is 21.0. The fourth-order valence-corrected chi connectivity index (χ4v) is 3.81. The van der Waals surface area contributed by atoms with Crippen molar-refractivity contribution in [2.24, 2.45) is 0 Å². The Morgan fingerprint density at radius 1 is 1.21 bits per heavy atom. The molecule has 0 radical (unpaired) electrons. The van der Waals surface area contributed by atoms with Gasteiger partial charge in [-0.15, -0.1) is 0 Å². The number of aryl methyl sites for hydroxylation is 2. The summed E-state index contributed by atoms with van der Waals surface area (Å²) >= 11 is 0. The number of amides is 1. The summed E-state index contributed by atoms with van der Waals surface area (Å²) in [5.41, 5.74) is 2.54. The Morgan fingerprint density at radius 2 is 1.93 bits per heavy atom. The molecule has 2 aromatic rings. The number of hydrogen-bond acceptors (Lipinski definition) is 4. The lowest BCUT2D eigenvalue weighted by molar-refractivity contribution is 0.0517. The van der Waals surface area contributed by atoms with Crippen LogP contribution < -0.4 is 0 Å². The molecule has 0 atom stereocenters. The number of piperidine rings is 1. The molecule has 0 spiro atoms. The molecule has 1 aromatic carbocycles. The van der Waals surface area contributed by atoms with Crippen LogP contribution in [0.4, 0.5) is 4.39 Å². The molecule has 1 aromatic heterocycles. The molecule has 6 nitrogen and oxygen atoms in total. The van der Waals surface area contributed by atoms with E-state index in [2.05, 4.69) is 12.0 Å². The molecule has 0 bridgehead atoms. The minimum absolute atomic E-state index is 0.123. The number of carbonyl (C=O) groups is 2. The summed E-state index contributed by atoms with van der Waals surface area (Å²) in [6.07, 6.45) is 3.25. The van der Waals surface area contributed by atoms with Crippen LogP contribution in [0, 0.1) is 12.7 Å². The smallest absolute Gasteiger partial charge is 0.358 e. The lowest BCUT2D eigenvalue weighted by atomic mass is 10.0. The highest BCUT2D eigenvalue weighted by molar-refractivity contribution is 5.95. The summed E-state index contributed by atoms with van der Waals surface area (Å²) in [4.78, 5) is 26.7. The van der Waals surface area contributed by atoms with Crippen LogP contribution in [0.2, 0.25) is 0 Å². The van der Waals surface area contributed by atoms with Crippen LogP contribution in [-0.2, 0) is 11.2 Å². The average molecular weight is 401 g/mol. The number of nitrogens with zero attached hydrogens (tertiary/aromatic N) is 3. The summed E-state index contributed by atoms with van der Waals surface area (Å²) in [6, 6.07) is 6.24. The van der Waals surface area contributed by atoms with Crippen LogP contribution in [0.3, 0.4) is 0 Å². The first-order chi connectivity index (χ1) is 13.9. The third-order valence-electron chi connectivity index (χ3n) is 5.33. The zero-order valence-corrected chi connectivity index (χ0v) is 17.3. The van der Waals surface area contributed by atoms with Crippen LogP contribution in [0.5, 0.6) is 0 Å². The average Bonchev–Trinajstić information content (AvgIpc) is 3.14. The van der Waals surface area contributed by atoms with Gasteiger partial charge < -0.3 is 9.64 Å². The van der Waals surface area contributed by atoms with Crippen LogP contribution in [0.1, 0.15) is 71.3 Å². The van der Waals surface area contributed by atoms with Crippen molar-refractivity contribution >= 4 is 11.9 Å². The van der Waals surface area contributed by atoms with E-state index in [1.54, 1.807) is 17.9 Å². The highest BCUT2D eigenvalue weighted by Gasteiger charge is 2.28. The molecule has 0 N–H and O–H groups in total. The maximum atomic E-state index is 13.6. The van der Waals surface area contributed by atoms with Gasteiger partial charge in [-0.2, -0.15) is 5.10 Å². The molecule has 1 saturated heterocycles. The third-order valence-corrected chi connectivity index (χ3v) is 5.33. The maximum absolute atomic E-state index is 13.6. The molecule has 1 amide bonds. The van der Waals surface area contributed by atoms with Crippen LogP contribution >= 0.6 is 0 Å². The summed E-state index contributed by atoms with van der Waals surface area (Å²) < 4.78 is 20.6. The van der Waals surface area contributed by atoms with E-state index in [-0.39, 0.29) is 11.9 Å². The standard InChI is InChI=1S/C22H28FN3O3/c1-4-6-18-14-20(22(28)29-5-2)24-26(18)17-9-11-25(12-10-17)21(27)19-13-16(23)8-7-15(19)3/h7-8,13-14,17H,4-6,9-12H2,1-3H3. The Kier molecular flexibility index (Phi) is 6.67. The number of hydrogen-bond donors (Lipinski definition) is 0. The number of likely N-dealkylation sites (tertiary alicyclic amines) is 1. The van der Waals surface area contributed by atoms with E-state index < -0.39 is 11.8 Å². The molecular weight excluding hydrogens is 373 g/mol. The predicted octanol–water partition coefficient (Wildman–Crippen LogP) is 3.94. The SMILES string of the molecule is CCCc1cc(C(=O)OCC)nn1C1CCN(C(=O)c2cc(F)ccc2C)CC1. The van der Waals surface area contributed by atoms with E-state index in [4.69, 9.17) is 4.74 Å². The number of ether oxygens (including phenoxy) is 1. The Labute approximate surface area is 170 Å². The summed E-state index contributed by atoms with van der Waals surface area (Å²) in [5.74, 6) is -0.944. The van der Waals surface area contributed by atoms with E-state index in [1.165, 1.54) is 12.1 Å². The molecule has 1 aliphatic heterocycles. The van der Waals surface area contributed by atoms with Gasteiger partial charge in [0.1, 0.15) is 5.82 Å². The monoisotopic (exact) mass is 401 g/mol. The van der Waals surface area contributed by atoms with Crippen molar-refractivity contribution in [1.29, 1.82) is 0 Å². The van der Waals surface area contributed by atoms with Gasteiger partial charge in [-0.05, 0) is 56.9 Å². The Balaban J connectivity index is 1.72. The quantitative estimate of drug-likeness (QED) is 0.688. The Bertz CT molecular complexity index is 885. The fraction of sp³-hybridized carbons (Fsp3) is 0.500. The summed E-state index contributed by atoms with van der Waals surface area (Å²) in [7, 11) is 0. The molecule has 0 aliphatic carbocycles. The van der Waals surface area contributed by atoms with Gasteiger partial charge in [0.05, 0.1) is 12.6 Å². The van der Waals surface area contributed by atoms with E-state index in [1.807, 2.05) is 17.7 Å². The van der Waals surface area contributed by atoms with Gasteiger partial charge in [0.2, 0.25) is 0 Å². The number of carbonyl (C=O) groups excluding carboxylic acids is 2. The second-order valence-electron chi connectivity index (χ2n) is 7.42. The van der Waals surface area contributed by atoms with Crippen LogP contribution in [0.15, 0.2) is 24.3 Å². The van der Waals surface area contributed by atoms with Crippen molar-refractivity contribution in [1.82, 2.24) is 14.7 Å². The van der Waals surface area contributed by atoms with E-state index in [0.29, 0.717) is 31.0 Å². The van der Waals surface area contributed by atoms with Crippen LogP contribution in [-0.4, -0.2) is 46.3 Å². The van der Waals surface area contributed by atoms with E-state index in [0.717, 1.165) is 36.9 Å². The lowest BCUT2D eigenvalue weighted by Crippen LogP contribution is -2.39. The number of rotatable bonds is 6. The predicted molar refractivity (Wildman–Crippen MR) is 107 cm³/mol. The summed E-state index contributed by atoms with van der Waals surface area (Å²) in [5, 5.41) is 4.51. The Hall–Kier alpha value is -2.70. The molecule has 1 fully saturated rings. The number of esters is 1. The van der Waals surface area contributed by atoms with E-state index in [9.17, 15) is 14.0 Å². The number of aromatic nitrogens is 2. The molecule has 2 heterocycles. The largest absolute Gasteiger partial charge is 0.461 e. The molecular formula is C22H28FN3O3. The minimum atomic E-state index is -0.405. The molecule has 156 valence electrons. The molecule has 0 saturated carbocycles. The van der Waals surface area contributed by atoms with Gasteiger partial charge in [-0.3, -0.25) is 9.48 Å². The highest BCUT2D eigenvalue weighted by Crippen LogP contribution is 2.26. The van der Waals surface area contributed by atoms with Crippen molar-refractivity contribution in [2.75, 3.05) is 19.7 Å². The van der Waals surface area contributed by atoms with Gasteiger partial charge in [-0.25, -0.2) is 9.18 Å². The van der Waals surface area contributed by atoms with Crippen molar-refractivity contribution in [3.8, 4) is 0 Å². The number of halogens is 1. The minimum Gasteiger partial charge on any atom is -0.461 e. The first-order valence-corrected chi connectivity index (χ1v) is 10.3. The third kappa shape index (κ3) is 4.66. The molecule has 3 rings (SSSR count). The highest BCUT2D eigenvalue weighted by atomic mass is 19.1. The second-order valence-corrected chi connectivity index (χ2v) is 7.42. The maximum Gasteiger partial charge on any atom is 0.358 e. The fourth-order valence-electron chi connectivity index (χ4n) is 3.81. The van der Waals surface area contributed by atoms with Crippen molar-refractivity contribution in [3.05, 3.63) is 52.6 Å². The van der Waals surface area contributed by atoms with Crippen LogP contribution in [0.25, 0.3) is 0 Å². The topological polar surface area (TPSA) is 64.4 Å². The Morgan fingerprint density at radius 3 is 2.59 bits per heavy atom. The van der Waals surface area contributed by atoms with Gasteiger partial charge >= 0.3 is 5.97 Å². The van der Waals surface area contributed by atoms with Crippen molar-refractivity contribution < 1.29 is 18.7 Å². The molecule has 1 aliphatic rings. The molecule has 29 heavy (non-hydrogen) atoms. The zero-order chi connectivity index (χ0) is 21.0. The van der Waals surface area contributed by atoms with Gasteiger partial charge in [-0.1, -0.05) is 19.4 Å². The van der Waals surface area contributed by atoms with Gasteiger partial charge in [0, 0.05) is 24.3 Å². The van der Waals surface area contributed by atoms with Crippen molar-refractivity contribution in [3.63, 3.8) is 0 Å². The van der Waals surface area contributed by atoms with Gasteiger partial charge in [0.25, 0.3) is 5.91 Å². The lowest BCUT2D eigenvalue weighted by Gasteiger charge is -2.33. The first-order valence-electron chi connectivity index (χ1n) is 10.3.